The fourth-order valence-corrected chi connectivity index (χ4v) is 4.99. The SMILES string of the molecule is O=C(NCCN1C(=O)C2(COc3cc4c(cc32)OCO4)c2ccccc21)Nc1ccc(C(F)(F)F)cc1. The van der Waals surface area contributed by atoms with Crippen molar-refractivity contribution in [1.82, 2.24) is 5.32 Å². The van der Waals surface area contributed by atoms with Crippen LogP contribution < -0.4 is 29.7 Å². The van der Waals surface area contributed by atoms with Crippen molar-refractivity contribution in [3.05, 3.63) is 77.4 Å². The van der Waals surface area contributed by atoms with E-state index in [4.69, 9.17) is 14.2 Å². The first-order valence-corrected chi connectivity index (χ1v) is 11.5. The second-order valence-corrected chi connectivity index (χ2v) is 8.83. The van der Waals surface area contributed by atoms with Crippen LogP contribution in [-0.2, 0) is 16.4 Å². The number of carbonyl (C=O) groups excluding carboxylic acids is 2. The van der Waals surface area contributed by atoms with Crippen molar-refractivity contribution in [2.24, 2.45) is 0 Å². The molecule has 3 amide bonds. The number of para-hydroxylation sites is 1. The molecule has 3 aromatic rings. The average Bonchev–Trinajstić information content (AvgIpc) is 3.55. The minimum Gasteiger partial charge on any atom is -0.491 e. The van der Waals surface area contributed by atoms with Gasteiger partial charge in [0.15, 0.2) is 11.5 Å². The Labute approximate surface area is 208 Å². The number of rotatable bonds is 4. The molecule has 3 heterocycles. The number of hydrogen-bond donors (Lipinski definition) is 2. The maximum Gasteiger partial charge on any atom is 0.416 e. The minimum atomic E-state index is -4.46. The van der Waals surface area contributed by atoms with Crippen LogP contribution in [0.1, 0.15) is 16.7 Å². The third-order valence-corrected chi connectivity index (χ3v) is 6.73. The Kier molecular flexibility index (Phi) is 5.18. The fraction of sp³-hybridized carbons (Fsp3) is 0.231. The summed E-state index contributed by atoms with van der Waals surface area (Å²) < 4.78 is 55.1. The number of anilines is 2. The first kappa shape index (κ1) is 23.0. The third-order valence-electron chi connectivity index (χ3n) is 6.73. The monoisotopic (exact) mass is 511 g/mol. The molecule has 0 fully saturated rings. The molecular formula is C26H20F3N3O5. The van der Waals surface area contributed by atoms with Gasteiger partial charge in [0.05, 0.1) is 5.56 Å². The number of hydrogen-bond acceptors (Lipinski definition) is 5. The van der Waals surface area contributed by atoms with Crippen molar-refractivity contribution < 1.29 is 37.0 Å². The van der Waals surface area contributed by atoms with E-state index in [2.05, 4.69) is 10.6 Å². The molecule has 0 bridgehead atoms. The van der Waals surface area contributed by atoms with Crippen LogP contribution in [0.2, 0.25) is 0 Å². The van der Waals surface area contributed by atoms with E-state index in [1.54, 1.807) is 17.0 Å². The molecule has 0 aromatic heterocycles. The molecule has 2 N–H and O–H groups in total. The van der Waals surface area contributed by atoms with E-state index in [9.17, 15) is 22.8 Å². The number of nitrogens with zero attached hydrogens (tertiary/aromatic N) is 1. The summed E-state index contributed by atoms with van der Waals surface area (Å²) in [7, 11) is 0. The molecule has 11 heteroatoms. The normalized spacial score (nSPS) is 19.0. The smallest absolute Gasteiger partial charge is 0.416 e. The van der Waals surface area contributed by atoms with E-state index in [0.29, 0.717) is 28.5 Å². The summed E-state index contributed by atoms with van der Waals surface area (Å²) >= 11 is 0. The van der Waals surface area contributed by atoms with Crippen molar-refractivity contribution in [2.75, 3.05) is 36.7 Å². The van der Waals surface area contributed by atoms with Gasteiger partial charge in [-0.05, 0) is 42.0 Å². The summed E-state index contributed by atoms with van der Waals surface area (Å²) in [5, 5.41) is 5.15. The lowest BCUT2D eigenvalue weighted by atomic mass is 9.77. The van der Waals surface area contributed by atoms with Crippen molar-refractivity contribution in [1.29, 1.82) is 0 Å². The summed E-state index contributed by atoms with van der Waals surface area (Å²) in [4.78, 5) is 27.8. The Balaban J connectivity index is 1.17. The van der Waals surface area contributed by atoms with E-state index in [0.717, 1.165) is 17.7 Å². The molecule has 0 aliphatic carbocycles. The second kappa shape index (κ2) is 8.32. The van der Waals surface area contributed by atoms with Crippen LogP contribution in [0, 0.1) is 0 Å². The van der Waals surface area contributed by atoms with Crippen LogP contribution >= 0.6 is 0 Å². The standard InChI is InChI=1S/C26H20F3N3O5/c27-26(28,29)15-5-7-16(8-6-15)31-24(34)30-9-10-32-19-4-2-1-3-17(19)25(23(32)33)13-35-20-12-22-21(11-18(20)25)36-14-37-22/h1-8,11-12H,9-10,13-14H2,(H2,30,31,34). The van der Waals surface area contributed by atoms with Crippen LogP contribution in [0.3, 0.4) is 0 Å². The molecule has 37 heavy (non-hydrogen) atoms. The molecule has 0 saturated heterocycles. The molecule has 3 aromatic carbocycles. The predicted molar refractivity (Wildman–Crippen MR) is 126 cm³/mol. The van der Waals surface area contributed by atoms with E-state index < -0.39 is 23.2 Å². The Hall–Kier alpha value is -4.41. The number of halogens is 3. The molecule has 6 rings (SSSR count). The lowest BCUT2D eigenvalue weighted by Crippen LogP contribution is -2.45. The van der Waals surface area contributed by atoms with E-state index in [-0.39, 0.29) is 38.1 Å². The van der Waals surface area contributed by atoms with Gasteiger partial charge >= 0.3 is 12.2 Å². The summed E-state index contributed by atoms with van der Waals surface area (Å²) in [6, 6.07) is 14.5. The number of benzene rings is 3. The number of nitrogens with one attached hydrogen (secondary N) is 2. The van der Waals surface area contributed by atoms with Crippen molar-refractivity contribution in [3.63, 3.8) is 0 Å². The quantitative estimate of drug-likeness (QED) is 0.546. The van der Waals surface area contributed by atoms with Gasteiger partial charge < -0.3 is 29.7 Å². The second-order valence-electron chi connectivity index (χ2n) is 8.83. The molecule has 1 atom stereocenters. The lowest BCUT2D eigenvalue weighted by Gasteiger charge is -2.23. The third kappa shape index (κ3) is 3.69. The zero-order valence-corrected chi connectivity index (χ0v) is 19.2. The molecule has 190 valence electrons. The minimum absolute atomic E-state index is 0.0993. The van der Waals surface area contributed by atoms with E-state index in [1.807, 2.05) is 24.3 Å². The topological polar surface area (TPSA) is 89.1 Å². The summed E-state index contributed by atoms with van der Waals surface area (Å²) in [5.41, 5.74) is 0.573. The van der Waals surface area contributed by atoms with Crippen molar-refractivity contribution in [2.45, 2.75) is 11.6 Å². The molecule has 3 aliphatic heterocycles. The zero-order valence-electron chi connectivity index (χ0n) is 19.2. The van der Waals surface area contributed by atoms with Crippen molar-refractivity contribution in [3.8, 4) is 17.2 Å². The van der Waals surface area contributed by atoms with Crippen LogP contribution in [0.15, 0.2) is 60.7 Å². The largest absolute Gasteiger partial charge is 0.491 e. The van der Waals surface area contributed by atoms with Gasteiger partial charge in [-0.25, -0.2) is 4.79 Å². The van der Waals surface area contributed by atoms with Crippen molar-refractivity contribution >= 4 is 23.3 Å². The van der Waals surface area contributed by atoms with Crippen LogP contribution in [-0.4, -0.2) is 38.4 Å². The first-order chi connectivity index (χ1) is 17.8. The van der Waals surface area contributed by atoms with Crippen LogP contribution in [0.4, 0.5) is 29.3 Å². The summed E-state index contributed by atoms with van der Waals surface area (Å²) in [6.45, 7) is 0.511. The molecule has 8 nitrogen and oxygen atoms in total. The lowest BCUT2D eigenvalue weighted by molar-refractivity contribution is -0.137. The molecule has 0 saturated carbocycles. The number of fused-ring (bicyclic) bond motifs is 5. The number of ether oxygens (including phenoxy) is 3. The van der Waals surface area contributed by atoms with Gasteiger partial charge in [-0.1, -0.05) is 18.2 Å². The van der Waals surface area contributed by atoms with Gasteiger partial charge in [-0.3, -0.25) is 4.79 Å². The number of carbonyl (C=O) groups is 2. The summed E-state index contributed by atoms with van der Waals surface area (Å²) in [6.07, 6.45) is -4.46. The number of urea groups is 1. The summed E-state index contributed by atoms with van der Waals surface area (Å²) in [5.74, 6) is 1.49. The van der Waals surface area contributed by atoms with Gasteiger partial charge in [0.25, 0.3) is 0 Å². The van der Waals surface area contributed by atoms with Gasteiger partial charge in [-0.2, -0.15) is 13.2 Å². The maximum absolute atomic E-state index is 13.9. The van der Waals surface area contributed by atoms with Gasteiger partial charge in [0.2, 0.25) is 12.7 Å². The van der Waals surface area contributed by atoms with Crippen LogP contribution in [0.5, 0.6) is 17.2 Å². The highest BCUT2D eigenvalue weighted by Gasteiger charge is 2.57. The first-order valence-electron chi connectivity index (χ1n) is 11.5. The highest BCUT2D eigenvalue weighted by atomic mass is 19.4. The van der Waals surface area contributed by atoms with Gasteiger partial charge in [0, 0.05) is 36.1 Å². The van der Waals surface area contributed by atoms with Gasteiger partial charge in [0.1, 0.15) is 17.8 Å². The highest BCUT2D eigenvalue weighted by molar-refractivity contribution is 6.11. The zero-order chi connectivity index (χ0) is 25.8. The average molecular weight is 511 g/mol. The Morgan fingerprint density at radius 3 is 2.43 bits per heavy atom. The highest BCUT2D eigenvalue weighted by Crippen LogP contribution is 2.54. The molecule has 1 spiro atoms. The molecular weight excluding hydrogens is 491 g/mol. The number of alkyl halides is 3. The predicted octanol–water partition coefficient (Wildman–Crippen LogP) is 4.28. The molecule has 1 unspecified atom stereocenters. The van der Waals surface area contributed by atoms with Crippen LogP contribution in [0.25, 0.3) is 0 Å². The van der Waals surface area contributed by atoms with Gasteiger partial charge in [-0.15, -0.1) is 0 Å². The molecule has 0 radical (unpaired) electrons. The Morgan fingerprint density at radius 1 is 0.946 bits per heavy atom. The van der Waals surface area contributed by atoms with E-state index in [1.165, 1.54) is 12.1 Å². The Bertz CT molecular complexity index is 1410. The fourth-order valence-electron chi connectivity index (χ4n) is 4.99. The number of amides is 3. The van der Waals surface area contributed by atoms with E-state index >= 15 is 0 Å². The Morgan fingerprint density at radius 2 is 1.68 bits per heavy atom. The molecule has 3 aliphatic rings. The maximum atomic E-state index is 13.9.